The van der Waals surface area contributed by atoms with Gasteiger partial charge in [0.2, 0.25) is 0 Å². The third-order valence-electron chi connectivity index (χ3n) is 2.77. The summed E-state index contributed by atoms with van der Waals surface area (Å²) in [4.78, 5) is 38.2. The van der Waals surface area contributed by atoms with Crippen LogP contribution in [0.15, 0.2) is 24.8 Å². The highest BCUT2D eigenvalue weighted by Gasteiger charge is 2.25. The number of nitrogens with zero attached hydrogens (tertiary/aromatic N) is 3. The van der Waals surface area contributed by atoms with Gasteiger partial charge in [0.25, 0.3) is 5.91 Å². The Labute approximate surface area is 118 Å². The highest BCUT2D eigenvalue weighted by atomic mass is 16.5. The largest absolute Gasteiger partial charge is 0.480 e. The predicted octanol–water partition coefficient (Wildman–Crippen LogP) is -0.525. The third-order valence-corrected chi connectivity index (χ3v) is 2.77. The van der Waals surface area contributed by atoms with Crippen LogP contribution in [-0.2, 0) is 14.3 Å². The average Bonchev–Trinajstić information content (AvgIpc) is 2.90. The zero-order chi connectivity index (χ0) is 15.4. The van der Waals surface area contributed by atoms with Crippen LogP contribution in [0.25, 0.3) is 5.52 Å². The first kappa shape index (κ1) is 14.4. The van der Waals surface area contributed by atoms with Gasteiger partial charge in [0.05, 0.1) is 37.0 Å². The van der Waals surface area contributed by atoms with Crippen LogP contribution < -0.4 is 5.32 Å². The number of aromatic nitrogens is 3. The molecule has 0 aliphatic carbocycles. The molecule has 9 heteroatoms. The summed E-state index contributed by atoms with van der Waals surface area (Å²) in [5.41, 5.74) is 0.594. The first-order valence-electron chi connectivity index (χ1n) is 5.90. The van der Waals surface area contributed by atoms with E-state index in [-0.39, 0.29) is 5.56 Å². The SMILES string of the molecule is COC(=O)C[C@H](NC(=O)c1cnn2ccncc12)C(=O)O. The lowest BCUT2D eigenvalue weighted by atomic mass is 10.2. The number of hydrogen-bond acceptors (Lipinski definition) is 6. The highest BCUT2D eigenvalue weighted by molar-refractivity contribution is 6.02. The van der Waals surface area contributed by atoms with Crippen molar-refractivity contribution in [2.24, 2.45) is 0 Å². The molecule has 0 saturated heterocycles. The maximum atomic E-state index is 12.1. The number of fused-ring (bicyclic) bond motifs is 1. The summed E-state index contributed by atoms with van der Waals surface area (Å²) in [6.45, 7) is 0. The van der Waals surface area contributed by atoms with Crippen molar-refractivity contribution in [3.63, 3.8) is 0 Å². The van der Waals surface area contributed by atoms with E-state index in [1.807, 2.05) is 0 Å². The Bertz CT molecular complexity index is 696. The Morgan fingerprint density at radius 3 is 2.86 bits per heavy atom. The van der Waals surface area contributed by atoms with Crippen molar-refractivity contribution in [3.05, 3.63) is 30.4 Å². The molecule has 1 amide bonds. The first-order chi connectivity index (χ1) is 10.0. The normalized spacial score (nSPS) is 11.9. The summed E-state index contributed by atoms with van der Waals surface area (Å²) < 4.78 is 5.82. The minimum absolute atomic E-state index is 0.166. The first-order valence-corrected chi connectivity index (χ1v) is 5.90. The van der Waals surface area contributed by atoms with Crippen molar-refractivity contribution in [1.29, 1.82) is 0 Å². The summed E-state index contributed by atoms with van der Waals surface area (Å²) in [6, 6.07) is -1.38. The van der Waals surface area contributed by atoms with Gasteiger partial charge in [0.1, 0.15) is 6.04 Å². The molecule has 2 heterocycles. The summed E-state index contributed by atoms with van der Waals surface area (Å²) in [6.07, 6.45) is 5.31. The Kier molecular flexibility index (Phi) is 4.12. The number of hydrogen-bond donors (Lipinski definition) is 2. The molecule has 0 fully saturated rings. The average molecular weight is 292 g/mol. The van der Waals surface area contributed by atoms with Crippen LogP contribution in [0.3, 0.4) is 0 Å². The van der Waals surface area contributed by atoms with Crippen LogP contribution in [0.1, 0.15) is 16.8 Å². The summed E-state index contributed by atoms with van der Waals surface area (Å²) in [7, 11) is 1.14. The van der Waals surface area contributed by atoms with Gasteiger partial charge < -0.3 is 15.2 Å². The van der Waals surface area contributed by atoms with Crippen molar-refractivity contribution in [1.82, 2.24) is 19.9 Å². The number of aliphatic carboxylic acids is 1. The maximum Gasteiger partial charge on any atom is 0.326 e. The molecule has 0 aliphatic heterocycles. The van der Waals surface area contributed by atoms with Gasteiger partial charge in [-0.15, -0.1) is 0 Å². The van der Waals surface area contributed by atoms with Gasteiger partial charge >= 0.3 is 11.9 Å². The fourth-order valence-electron chi connectivity index (χ4n) is 1.70. The van der Waals surface area contributed by atoms with E-state index in [0.717, 1.165) is 7.11 Å². The van der Waals surface area contributed by atoms with Crippen molar-refractivity contribution < 1.29 is 24.2 Å². The quantitative estimate of drug-likeness (QED) is 0.710. The molecule has 0 radical (unpaired) electrons. The van der Waals surface area contributed by atoms with Gasteiger partial charge in [-0.1, -0.05) is 0 Å². The second kappa shape index (κ2) is 5.99. The van der Waals surface area contributed by atoms with E-state index in [4.69, 9.17) is 5.11 Å². The second-order valence-corrected chi connectivity index (χ2v) is 4.11. The molecule has 21 heavy (non-hydrogen) atoms. The number of carboxylic acids is 1. The molecular formula is C12H12N4O5. The minimum Gasteiger partial charge on any atom is -0.480 e. The number of ether oxygens (including phenoxy) is 1. The van der Waals surface area contributed by atoms with E-state index >= 15 is 0 Å². The highest BCUT2D eigenvalue weighted by Crippen LogP contribution is 2.09. The number of carbonyl (C=O) groups excluding carboxylic acids is 2. The number of carbonyl (C=O) groups is 3. The molecule has 0 aliphatic rings. The zero-order valence-corrected chi connectivity index (χ0v) is 11.0. The molecule has 0 saturated carbocycles. The van der Waals surface area contributed by atoms with E-state index in [0.29, 0.717) is 5.52 Å². The van der Waals surface area contributed by atoms with Crippen LogP contribution in [0.4, 0.5) is 0 Å². The molecule has 1 atom stereocenters. The second-order valence-electron chi connectivity index (χ2n) is 4.11. The van der Waals surface area contributed by atoms with Crippen LogP contribution in [0.5, 0.6) is 0 Å². The number of rotatable bonds is 5. The fourth-order valence-corrected chi connectivity index (χ4v) is 1.70. The summed E-state index contributed by atoms with van der Waals surface area (Å²) in [5.74, 6) is -2.72. The van der Waals surface area contributed by atoms with Crippen molar-refractivity contribution in [2.45, 2.75) is 12.5 Å². The molecular weight excluding hydrogens is 280 g/mol. The molecule has 110 valence electrons. The topological polar surface area (TPSA) is 123 Å². The number of esters is 1. The molecule has 0 bridgehead atoms. The van der Waals surface area contributed by atoms with E-state index in [1.165, 1.54) is 23.1 Å². The monoisotopic (exact) mass is 292 g/mol. The number of nitrogens with one attached hydrogen (secondary N) is 1. The van der Waals surface area contributed by atoms with Gasteiger partial charge in [-0.25, -0.2) is 9.31 Å². The molecule has 0 aromatic carbocycles. The lowest BCUT2D eigenvalue weighted by Gasteiger charge is -2.12. The lowest BCUT2D eigenvalue weighted by Crippen LogP contribution is -2.42. The number of carboxylic acid groups (broad SMARTS) is 1. The number of methoxy groups -OCH3 is 1. The van der Waals surface area contributed by atoms with Crippen molar-refractivity contribution >= 4 is 23.4 Å². The fraction of sp³-hybridized carbons (Fsp3) is 0.250. The Morgan fingerprint density at radius 2 is 2.19 bits per heavy atom. The maximum absolute atomic E-state index is 12.1. The summed E-state index contributed by atoms with van der Waals surface area (Å²) >= 11 is 0. The van der Waals surface area contributed by atoms with Gasteiger partial charge in [0.15, 0.2) is 0 Å². The molecule has 0 unspecified atom stereocenters. The van der Waals surface area contributed by atoms with Gasteiger partial charge in [-0.3, -0.25) is 14.6 Å². The molecule has 0 spiro atoms. The van der Waals surface area contributed by atoms with Crippen LogP contribution in [-0.4, -0.2) is 50.7 Å². The Balaban J connectivity index is 2.19. The predicted molar refractivity (Wildman–Crippen MR) is 68.5 cm³/mol. The van der Waals surface area contributed by atoms with E-state index < -0.39 is 30.3 Å². The zero-order valence-electron chi connectivity index (χ0n) is 11.0. The molecule has 2 rings (SSSR count). The van der Waals surface area contributed by atoms with Crippen LogP contribution >= 0.6 is 0 Å². The molecule has 2 N–H and O–H groups in total. The van der Waals surface area contributed by atoms with Gasteiger partial charge in [-0.2, -0.15) is 5.10 Å². The van der Waals surface area contributed by atoms with Crippen molar-refractivity contribution in [3.8, 4) is 0 Å². The van der Waals surface area contributed by atoms with Crippen molar-refractivity contribution in [2.75, 3.05) is 7.11 Å². The van der Waals surface area contributed by atoms with E-state index in [9.17, 15) is 14.4 Å². The molecule has 9 nitrogen and oxygen atoms in total. The molecule has 2 aromatic rings. The standard InChI is InChI=1S/C12H12N4O5/c1-21-10(17)4-8(12(19)20)15-11(18)7-5-14-16-3-2-13-6-9(7)16/h2-3,5-6,8H,4H2,1H3,(H,15,18)(H,19,20)/t8-/m0/s1. The third kappa shape index (κ3) is 3.14. The number of amides is 1. The Hall–Kier alpha value is -2.97. The van der Waals surface area contributed by atoms with E-state index in [1.54, 1.807) is 6.20 Å². The molecule has 2 aromatic heterocycles. The van der Waals surface area contributed by atoms with Crippen LogP contribution in [0.2, 0.25) is 0 Å². The van der Waals surface area contributed by atoms with Crippen LogP contribution in [0, 0.1) is 0 Å². The van der Waals surface area contributed by atoms with Gasteiger partial charge in [-0.05, 0) is 0 Å². The van der Waals surface area contributed by atoms with Gasteiger partial charge in [0, 0.05) is 12.4 Å². The lowest BCUT2D eigenvalue weighted by molar-refractivity contribution is -0.147. The summed E-state index contributed by atoms with van der Waals surface area (Å²) in [5, 5.41) is 15.2. The Morgan fingerprint density at radius 1 is 1.43 bits per heavy atom. The smallest absolute Gasteiger partial charge is 0.326 e. The minimum atomic E-state index is -1.38. The van der Waals surface area contributed by atoms with E-state index in [2.05, 4.69) is 20.1 Å².